The smallest absolute Gasteiger partial charge is 0.222 e. The predicted octanol–water partition coefficient (Wildman–Crippen LogP) is 3.79. The summed E-state index contributed by atoms with van der Waals surface area (Å²) in [4.78, 5) is 5.69. The second kappa shape index (κ2) is 5.00. The van der Waals surface area contributed by atoms with Crippen molar-refractivity contribution >= 4 is 17.3 Å². The van der Waals surface area contributed by atoms with Crippen molar-refractivity contribution in [2.45, 2.75) is 25.4 Å². The highest BCUT2D eigenvalue weighted by atomic mass is 32.1. The first kappa shape index (κ1) is 12.6. The van der Waals surface area contributed by atoms with Crippen LogP contribution in [0.1, 0.15) is 34.5 Å². The fourth-order valence-electron chi connectivity index (χ4n) is 2.86. The van der Waals surface area contributed by atoms with Crippen LogP contribution in [0, 0.1) is 6.92 Å². The van der Waals surface area contributed by atoms with Gasteiger partial charge in [0, 0.05) is 4.88 Å². The van der Waals surface area contributed by atoms with Crippen molar-refractivity contribution < 1.29 is 0 Å². The molecule has 0 saturated carbocycles. The molecule has 0 amide bonds. The van der Waals surface area contributed by atoms with E-state index in [2.05, 4.69) is 64.1 Å². The number of benzene rings is 1. The van der Waals surface area contributed by atoms with Gasteiger partial charge in [-0.1, -0.05) is 35.9 Å². The van der Waals surface area contributed by atoms with Gasteiger partial charge < -0.3 is 5.32 Å². The van der Waals surface area contributed by atoms with Crippen LogP contribution >= 0.6 is 11.3 Å². The van der Waals surface area contributed by atoms with Crippen molar-refractivity contribution in [2.24, 2.45) is 0 Å². The molecule has 2 aromatic heterocycles. The zero-order valence-corrected chi connectivity index (χ0v) is 12.5. The molecule has 1 aromatic carbocycles. The molecule has 5 heteroatoms. The maximum Gasteiger partial charge on any atom is 0.222 e. The van der Waals surface area contributed by atoms with E-state index in [9.17, 15) is 0 Å². The Morgan fingerprint density at radius 2 is 2.10 bits per heavy atom. The standard InChI is InChI=1S/C16H16N4S/c1-11-4-6-12(7-5-11)13-9-14(15-3-2-8-21-15)20-16(19-13)17-10-18-20/h2-8,10,13-14H,9H2,1H3,(H,17,18,19). The van der Waals surface area contributed by atoms with Crippen LogP contribution in [0.5, 0.6) is 0 Å². The Bertz CT molecular complexity index is 730. The van der Waals surface area contributed by atoms with Crippen molar-refractivity contribution in [3.05, 3.63) is 64.1 Å². The third-order valence-electron chi connectivity index (χ3n) is 3.98. The lowest BCUT2D eigenvalue weighted by Crippen LogP contribution is -2.27. The fraction of sp³-hybridized carbons (Fsp3) is 0.250. The van der Waals surface area contributed by atoms with E-state index in [1.807, 2.05) is 4.68 Å². The Morgan fingerprint density at radius 1 is 1.24 bits per heavy atom. The molecule has 0 fully saturated rings. The number of nitrogens with one attached hydrogen (secondary N) is 1. The summed E-state index contributed by atoms with van der Waals surface area (Å²) in [5.74, 6) is 0.852. The van der Waals surface area contributed by atoms with E-state index in [1.165, 1.54) is 16.0 Å². The molecule has 106 valence electrons. The molecule has 1 aliphatic heterocycles. The number of rotatable bonds is 2. The van der Waals surface area contributed by atoms with E-state index < -0.39 is 0 Å². The van der Waals surface area contributed by atoms with E-state index in [0.717, 1.165) is 12.4 Å². The monoisotopic (exact) mass is 296 g/mol. The van der Waals surface area contributed by atoms with Gasteiger partial charge in [0.25, 0.3) is 0 Å². The van der Waals surface area contributed by atoms with Crippen LogP contribution in [0.4, 0.5) is 5.95 Å². The Kier molecular flexibility index (Phi) is 3.00. The largest absolute Gasteiger partial charge is 0.348 e. The quantitative estimate of drug-likeness (QED) is 0.782. The van der Waals surface area contributed by atoms with Gasteiger partial charge in [0.2, 0.25) is 5.95 Å². The van der Waals surface area contributed by atoms with Crippen LogP contribution in [0.2, 0.25) is 0 Å². The Hall–Kier alpha value is -2.14. The zero-order valence-electron chi connectivity index (χ0n) is 11.7. The van der Waals surface area contributed by atoms with Gasteiger partial charge in [-0.05, 0) is 30.4 Å². The number of aromatic nitrogens is 3. The van der Waals surface area contributed by atoms with E-state index >= 15 is 0 Å². The molecule has 3 heterocycles. The molecule has 2 unspecified atom stereocenters. The molecule has 0 aliphatic carbocycles. The van der Waals surface area contributed by atoms with Crippen molar-refractivity contribution in [2.75, 3.05) is 5.32 Å². The highest BCUT2D eigenvalue weighted by molar-refractivity contribution is 7.10. The van der Waals surface area contributed by atoms with Crippen molar-refractivity contribution in [3.8, 4) is 0 Å². The normalized spacial score (nSPS) is 20.8. The van der Waals surface area contributed by atoms with E-state index in [-0.39, 0.29) is 12.1 Å². The van der Waals surface area contributed by atoms with Gasteiger partial charge >= 0.3 is 0 Å². The Balaban J connectivity index is 1.72. The number of hydrogen-bond donors (Lipinski definition) is 1. The lowest BCUT2D eigenvalue weighted by molar-refractivity contribution is 0.436. The average Bonchev–Trinajstić information content (AvgIpc) is 3.18. The molecule has 0 bridgehead atoms. The summed E-state index contributed by atoms with van der Waals surface area (Å²) in [6.07, 6.45) is 2.61. The van der Waals surface area contributed by atoms with Crippen molar-refractivity contribution in [3.63, 3.8) is 0 Å². The van der Waals surface area contributed by atoms with E-state index in [0.29, 0.717) is 0 Å². The average molecular weight is 296 g/mol. The van der Waals surface area contributed by atoms with Crippen molar-refractivity contribution in [1.29, 1.82) is 0 Å². The fourth-order valence-corrected chi connectivity index (χ4v) is 3.68. The van der Waals surface area contributed by atoms with Gasteiger partial charge in [0.15, 0.2) is 0 Å². The lowest BCUT2D eigenvalue weighted by atomic mass is 9.96. The van der Waals surface area contributed by atoms with Gasteiger partial charge in [-0.3, -0.25) is 0 Å². The molecule has 1 aliphatic rings. The molecule has 0 spiro atoms. The molecule has 4 rings (SSSR count). The highest BCUT2D eigenvalue weighted by Gasteiger charge is 2.30. The maximum atomic E-state index is 4.39. The summed E-state index contributed by atoms with van der Waals surface area (Å²) in [6.45, 7) is 2.11. The van der Waals surface area contributed by atoms with Crippen LogP contribution in [0.15, 0.2) is 48.1 Å². The number of nitrogens with zero attached hydrogens (tertiary/aromatic N) is 3. The molecular formula is C16H16N4S. The van der Waals surface area contributed by atoms with Gasteiger partial charge in [-0.25, -0.2) is 4.68 Å². The predicted molar refractivity (Wildman–Crippen MR) is 84.6 cm³/mol. The minimum Gasteiger partial charge on any atom is -0.348 e. The van der Waals surface area contributed by atoms with Crippen LogP contribution in [-0.2, 0) is 0 Å². The summed E-state index contributed by atoms with van der Waals surface area (Å²) in [6, 6.07) is 13.5. The van der Waals surface area contributed by atoms with Gasteiger partial charge in [-0.2, -0.15) is 10.1 Å². The molecule has 21 heavy (non-hydrogen) atoms. The van der Waals surface area contributed by atoms with Gasteiger partial charge in [-0.15, -0.1) is 11.3 Å². The SMILES string of the molecule is Cc1ccc(C2CC(c3cccs3)n3ncnc3N2)cc1. The topological polar surface area (TPSA) is 42.7 Å². The zero-order chi connectivity index (χ0) is 14.2. The molecular weight excluding hydrogens is 280 g/mol. The number of hydrogen-bond acceptors (Lipinski definition) is 4. The first-order chi connectivity index (χ1) is 10.3. The summed E-state index contributed by atoms with van der Waals surface area (Å²) in [5, 5.41) is 10.0. The van der Waals surface area contributed by atoms with Gasteiger partial charge in [0.05, 0.1) is 12.1 Å². The molecule has 0 saturated heterocycles. The highest BCUT2D eigenvalue weighted by Crippen LogP contribution is 2.38. The van der Waals surface area contributed by atoms with E-state index in [4.69, 9.17) is 0 Å². The minimum atomic E-state index is 0.259. The van der Waals surface area contributed by atoms with Crippen molar-refractivity contribution in [1.82, 2.24) is 14.8 Å². The summed E-state index contributed by atoms with van der Waals surface area (Å²) in [5.41, 5.74) is 2.59. The van der Waals surface area contributed by atoms with Crippen LogP contribution < -0.4 is 5.32 Å². The second-order valence-electron chi connectivity index (χ2n) is 5.40. The third-order valence-corrected chi connectivity index (χ3v) is 4.96. The summed E-state index contributed by atoms with van der Waals surface area (Å²) in [7, 11) is 0. The maximum absolute atomic E-state index is 4.39. The first-order valence-corrected chi connectivity index (χ1v) is 7.95. The summed E-state index contributed by atoms with van der Waals surface area (Å²) < 4.78 is 2.00. The number of thiophene rings is 1. The van der Waals surface area contributed by atoms with Crippen LogP contribution in [-0.4, -0.2) is 14.8 Å². The van der Waals surface area contributed by atoms with Crippen LogP contribution in [0.25, 0.3) is 0 Å². The number of aryl methyl sites for hydroxylation is 1. The van der Waals surface area contributed by atoms with E-state index in [1.54, 1.807) is 17.7 Å². The molecule has 1 N–H and O–H groups in total. The summed E-state index contributed by atoms with van der Waals surface area (Å²) >= 11 is 1.78. The molecule has 4 nitrogen and oxygen atoms in total. The van der Waals surface area contributed by atoms with Gasteiger partial charge in [0.1, 0.15) is 6.33 Å². The Labute approximate surface area is 127 Å². The molecule has 0 radical (unpaired) electrons. The van der Waals surface area contributed by atoms with Crippen LogP contribution in [0.3, 0.4) is 0 Å². The number of fused-ring (bicyclic) bond motifs is 1. The molecule has 3 aromatic rings. The number of anilines is 1. The molecule has 2 atom stereocenters. The lowest BCUT2D eigenvalue weighted by Gasteiger charge is -2.31. The Morgan fingerprint density at radius 3 is 2.86 bits per heavy atom. The third kappa shape index (κ3) is 2.23. The second-order valence-corrected chi connectivity index (χ2v) is 6.38. The minimum absolute atomic E-state index is 0.259. The first-order valence-electron chi connectivity index (χ1n) is 7.07.